The molecule has 0 N–H and O–H groups in total. The second kappa shape index (κ2) is 8.24. The third-order valence-electron chi connectivity index (χ3n) is 6.35. The number of rotatable bonds is 3. The summed E-state index contributed by atoms with van der Waals surface area (Å²) >= 11 is 6.77. The normalized spacial score (nSPS) is 11.2. The largest absolute Gasteiger partial charge is 0.0836 e. The minimum atomic E-state index is 0.763. The van der Waals surface area contributed by atoms with Crippen molar-refractivity contribution in [2.45, 2.75) is 0 Å². The third-order valence-corrected chi connectivity index (χ3v) is 6.67. The van der Waals surface area contributed by atoms with Crippen LogP contribution in [0.4, 0.5) is 0 Å². The quantitative estimate of drug-likeness (QED) is 0.240. The lowest BCUT2D eigenvalue weighted by molar-refractivity contribution is 1.58. The highest BCUT2D eigenvalue weighted by Crippen LogP contribution is 2.39. The summed E-state index contributed by atoms with van der Waals surface area (Å²) in [6, 6.07) is 45.0. The van der Waals surface area contributed by atoms with Crippen molar-refractivity contribution in [2.24, 2.45) is 0 Å². The summed E-state index contributed by atoms with van der Waals surface area (Å²) < 4.78 is 0. The average molecular weight is 441 g/mol. The molecule has 156 valence electrons. The van der Waals surface area contributed by atoms with Crippen LogP contribution in [0.1, 0.15) is 0 Å². The molecule has 0 aromatic heterocycles. The van der Waals surface area contributed by atoms with Crippen molar-refractivity contribution in [1.82, 2.24) is 0 Å². The zero-order valence-electron chi connectivity index (χ0n) is 18.0. The first-order valence-corrected chi connectivity index (χ1v) is 11.5. The van der Waals surface area contributed by atoms with E-state index in [1.807, 2.05) is 18.2 Å². The molecular weight excluding hydrogens is 420 g/mol. The third kappa shape index (κ3) is 3.59. The van der Waals surface area contributed by atoms with Crippen LogP contribution in [0.15, 0.2) is 127 Å². The predicted octanol–water partition coefficient (Wildman–Crippen LogP) is 9.65. The van der Waals surface area contributed by atoms with Gasteiger partial charge in [-0.05, 0) is 61.5 Å². The first kappa shape index (κ1) is 19.8. The van der Waals surface area contributed by atoms with Gasteiger partial charge in [0.05, 0.1) is 0 Å². The van der Waals surface area contributed by atoms with Crippen LogP contribution < -0.4 is 0 Å². The highest BCUT2D eigenvalue weighted by atomic mass is 35.5. The molecule has 6 aromatic carbocycles. The Balaban J connectivity index is 1.47. The minimum absolute atomic E-state index is 0.763. The van der Waals surface area contributed by atoms with E-state index in [4.69, 9.17) is 11.6 Å². The lowest BCUT2D eigenvalue weighted by atomic mass is 9.91. The Labute approximate surface area is 198 Å². The van der Waals surface area contributed by atoms with Gasteiger partial charge in [0, 0.05) is 10.6 Å². The van der Waals surface area contributed by atoms with Crippen LogP contribution in [0.2, 0.25) is 5.02 Å². The van der Waals surface area contributed by atoms with E-state index >= 15 is 0 Å². The maximum Gasteiger partial charge on any atom is 0.0490 e. The van der Waals surface area contributed by atoms with Crippen LogP contribution in [0.3, 0.4) is 0 Å². The molecule has 6 aromatic rings. The molecule has 0 saturated carbocycles. The van der Waals surface area contributed by atoms with E-state index < -0.39 is 0 Å². The van der Waals surface area contributed by atoms with Gasteiger partial charge in [-0.25, -0.2) is 0 Å². The predicted molar refractivity (Wildman–Crippen MR) is 143 cm³/mol. The molecule has 0 amide bonds. The molecule has 1 heteroatoms. The number of fused-ring (bicyclic) bond motifs is 3. The Morgan fingerprint density at radius 2 is 1.03 bits per heavy atom. The zero-order chi connectivity index (χ0) is 22.2. The van der Waals surface area contributed by atoms with Crippen molar-refractivity contribution >= 4 is 33.1 Å². The lowest BCUT2D eigenvalue weighted by Gasteiger charge is -2.14. The lowest BCUT2D eigenvalue weighted by Crippen LogP contribution is -1.88. The van der Waals surface area contributed by atoms with Crippen LogP contribution in [0.25, 0.3) is 54.9 Å². The molecule has 0 atom stereocenters. The van der Waals surface area contributed by atoms with E-state index in [-0.39, 0.29) is 0 Å². The number of benzene rings is 6. The molecule has 0 aliphatic rings. The summed E-state index contributed by atoms with van der Waals surface area (Å²) in [4.78, 5) is 0. The second-order valence-corrected chi connectivity index (χ2v) is 8.74. The average Bonchev–Trinajstić information content (AvgIpc) is 2.89. The Morgan fingerprint density at radius 3 is 1.88 bits per heavy atom. The molecule has 0 radical (unpaired) electrons. The highest BCUT2D eigenvalue weighted by Gasteiger charge is 2.13. The molecule has 0 nitrogen and oxygen atoms in total. The van der Waals surface area contributed by atoms with Crippen molar-refractivity contribution in [2.75, 3.05) is 0 Å². The Bertz CT molecular complexity index is 1600. The fourth-order valence-electron chi connectivity index (χ4n) is 4.70. The topological polar surface area (TPSA) is 0 Å². The van der Waals surface area contributed by atoms with E-state index in [0.29, 0.717) is 0 Å². The van der Waals surface area contributed by atoms with E-state index in [9.17, 15) is 0 Å². The number of halogens is 1. The molecular formula is C32H21Cl. The smallest absolute Gasteiger partial charge is 0.0490 e. The van der Waals surface area contributed by atoms with Crippen molar-refractivity contribution < 1.29 is 0 Å². The van der Waals surface area contributed by atoms with Gasteiger partial charge in [0.1, 0.15) is 0 Å². The van der Waals surface area contributed by atoms with Crippen LogP contribution >= 0.6 is 11.6 Å². The highest BCUT2D eigenvalue weighted by molar-refractivity contribution is 6.34. The van der Waals surface area contributed by atoms with E-state index in [0.717, 1.165) is 21.7 Å². The first-order chi connectivity index (χ1) is 16.3. The standard InChI is InChI=1S/C32H21Cl/c33-31-12-6-11-30(32(31)25-16-13-23(14-17-25)22-7-2-1-3-8-22)27-19-20-29-26(21-27)18-15-24-9-4-5-10-28(24)29/h1-21H. The molecule has 0 saturated heterocycles. The summed E-state index contributed by atoms with van der Waals surface area (Å²) in [5, 5.41) is 5.81. The summed E-state index contributed by atoms with van der Waals surface area (Å²) in [6.07, 6.45) is 0. The van der Waals surface area contributed by atoms with Crippen LogP contribution in [0, 0.1) is 0 Å². The summed E-state index contributed by atoms with van der Waals surface area (Å²) in [5.74, 6) is 0. The van der Waals surface area contributed by atoms with Crippen molar-refractivity contribution in [3.05, 3.63) is 132 Å². The first-order valence-electron chi connectivity index (χ1n) is 11.1. The fraction of sp³-hybridized carbons (Fsp3) is 0. The van der Waals surface area contributed by atoms with E-state index in [1.165, 1.54) is 38.2 Å². The molecule has 0 aliphatic heterocycles. The van der Waals surface area contributed by atoms with Gasteiger partial charge in [-0.2, -0.15) is 0 Å². The van der Waals surface area contributed by atoms with Gasteiger partial charge in [-0.15, -0.1) is 0 Å². The molecule has 6 rings (SSSR count). The summed E-state index contributed by atoms with van der Waals surface area (Å²) in [7, 11) is 0. The van der Waals surface area contributed by atoms with Gasteiger partial charge in [0.25, 0.3) is 0 Å². The molecule has 0 fully saturated rings. The second-order valence-electron chi connectivity index (χ2n) is 8.33. The number of hydrogen-bond donors (Lipinski definition) is 0. The fourth-order valence-corrected chi connectivity index (χ4v) is 4.98. The van der Waals surface area contributed by atoms with Gasteiger partial charge >= 0.3 is 0 Å². The zero-order valence-corrected chi connectivity index (χ0v) is 18.8. The van der Waals surface area contributed by atoms with E-state index in [2.05, 4.69) is 109 Å². The minimum Gasteiger partial charge on any atom is -0.0836 e. The van der Waals surface area contributed by atoms with Gasteiger partial charge < -0.3 is 0 Å². The molecule has 0 heterocycles. The monoisotopic (exact) mass is 440 g/mol. The van der Waals surface area contributed by atoms with Crippen molar-refractivity contribution in [3.8, 4) is 33.4 Å². The molecule has 0 spiro atoms. The maximum atomic E-state index is 6.77. The van der Waals surface area contributed by atoms with Gasteiger partial charge in [-0.3, -0.25) is 0 Å². The van der Waals surface area contributed by atoms with Crippen LogP contribution in [0.5, 0.6) is 0 Å². The Hall–Kier alpha value is -3.87. The Morgan fingerprint density at radius 1 is 0.394 bits per heavy atom. The SMILES string of the molecule is Clc1cccc(-c2ccc3c(ccc4ccccc43)c2)c1-c1ccc(-c2ccccc2)cc1. The van der Waals surface area contributed by atoms with Gasteiger partial charge in [0.15, 0.2) is 0 Å². The van der Waals surface area contributed by atoms with Crippen LogP contribution in [-0.2, 0) is 0 Å². The van der Waals surface area contributed by atoms with Gasteiger partial charge in [-0.1, -0.05) is 127 Å². The van der Waals surface area contributed by atoms with Crippen molar-refractivity contribution in [3.63, 3.8) is 0 Å². The molecule has 0 bridgehead atoms. The maximum absolute atomic E-state index is 6.77. The molecule has 0 aliphatic carbocycles. The van der Waals surface area contributed by atoms with Gasteiger partial charge in [0.2, 0.25) is 0 Å². The Kier molecular flexibility index (Phi) is 4.94. The number of hydrogen-bond acceptors (Lipinski definition) is 0. The molecule has 33 heavy (non-hydrogen) atoms. The summed E-state index contributed by atoms with van der Waals surface area (Å²) in [6.45, 7) is 0. The van der Waals surface area contributed by atoms with Crippen molar-refractivity contribution in [1.29, 1.82) is 0 Å². The van der Waals surface area contributed by atoms with E-state index in [1.54, 1.807) is 0 Å². The molecule has 0 unspecified atom stereocenters. The van der Waals surface area contributed by atoms with Crippen LogP contribution in [-0.4, -0.2) is 0 Å². The summed E-state index contributed by atoms with van der Waals surface area (Å²) in [5.41, 5.74) is 6.91.